The van der Waals surface area contributed by atoms with E-state index in [-0.39, 0.29) is 27.5 Å². The van der Waals surface area contributed by atoms with Gasteiger partial charge < -0.3 is 16.0 Å². The first-order valence-corrected chi connectivity index (χ1v) is 5.98. The van der Waals surface area contributed by atoms with Crippen LogP contribution in [0, 0.1) is 12.0 Å². The van der Waals surface area contributed by atoms with E-state index in [1.54, 1.807) is 20.0 Å². The first-order valence-electron chi connectivity index (χ1n) is 5.98. The van der Waals surface area contributed by atoms with Gasteiger partial charge in [-0.1, -0.05) is 18.6 Å². The molecule has 0 spiro atoms. The summed E-state index contributed by atoms with van der Waals surface area (Å²) in [6, 6.07) is 16.8. The molecule has 0 saturated carbocycles. The number of carboxylic acids is 1. The van der Waals surface area contributed by atoms with Crippen LogP contribution in [0.25, 0.3) is 11.3 Å². The number of rotatable bonds is 3. The molecular formula is C16H17NO2Pt. The van der Waals surface area contributed by atoms with Gasteiger partial charge in [-0.25, -0.2) is 0 Å². The van der Waals surface area contributed by atoms with Crippen LogP contribution in [0.2, 0.25) is 0 Å². The summed E-state index contributed by atoms with van der Waals surface area (Å²) >= 11 is 0. The molecule has 0 amide bonds. The molecule has 0 fully saturated rings. The summed E-state index contributed by atoms with van der Waals surface area (Å²) in [4.78, 5) is 14.0. The van der Waals surface area contributed by atoms with Crippen LogP contribution in [0.4, 0.5) is 0 Å². The molecule has 0 saturated heterocycles. The van der Waals surface area contributed by atoms with Gasteiger partial charge >= 0.3 is 21.1 Å². The Bertz CT molecular complexity index is 449. The second-order valence-electron chi connectivity index (χ2n) is 4.27. The minimum Gasteiger partial charge on any atom is -0.483 e. The molecule has 1 aromatic heterocycles. The van der Waals surface area contributed by atoms with Crippen LogP contribution in [-0.4, -0.2) is 16.1 Å². The molecule has 0 bridgehead atoms. The van der Waals surface area contributed by atoms with Gasteiger partial charge in [-0.05, 0) is 11.8 Å². The molecule has 20 heavy (non-hydrogen) atoms. The standard InChI is InChI=1S/C11H8N.C5H9O2.Pt/c1-2-6-10(7-3-1)11-8-4-5-9-12-11;1-4(2)3-5(6)7;/h1-6,8-9H;3H2,1-2H3,(H,6,7);/q2*-1;+2. The molecule has 1 aromatic carbocycles. The fourth-order valence-electron chi connectivity index (χ4n) is 1.38. The van der Waals surface area contributed by atoms with Crippen molar-refractivity contribution >= 4 is 5.97 Å². The SMILES string of the molecule is C[C-](C)CC(=O)O.[Pt+2].[c-]1ccccc1-c1ccccn1. The van der Waals surface area contributed by atoms with Crippen molar-refractivity contribution in [3.63, 3.8) is 0 Å². The molecule has 0 unspecified atom stereocenters. The molecule has 0 radical (unpaired) electrons. The van der Waals surface area contributed by atoms with Crippen molar-refractivity contribution in [1.82, 2.24) is 4.98 Å². The number of hydrogen-bond acceptors (Lipinski definition) is 2. The van der Waals surface area contributed by atoms with Crippen molar-refractivity contribution in [2.75, 3.05) is 0 Å². The monoisotopic (exact) mass is 450 g/mol. The Morgan fingerprint density at radius 3 is 2.35 bits per heavy atom. The zero-order valence-electron chi connectivity index (χ0n) is 11.4. The van der Waals surface area contributed by atoms with Gasteiger partial charge in [0.25, 0.3) is 5.97 Å². The van der Waals surface area contributed by atoms with E-state index in [9.17, 15) is 4.79 Å². The average Bonchev–Trinajstić information content (AvgIpc) is 2.40. The fourth-order valence-corrected chi connectivity index (χ4v) is 1.38. The summed E-state index contributed by atoms with van der Waals surface area (Å²) in [5, 5.41) is 8.06. The van der Waals surface area contributed by atoms with Crippen LogP contribution >= 0.6 is 0 Å². The summed E-state index contributed by atoms with van der Waals surface area (Å²) in [6.45, 7) is 3.60. The molecule has 3 nitrogen and oxygen atoms in total. The van der Waals surface area contributed by atoms with Gasteiger partial charge in [-0.15, -0.1) is 35.9 Å². The maximum atomic E-state index is 9.79. The van der Waals surface area contributed by atoms with E-state index in [1.165, 1.54) is 0 Å². The number of benzene rings is 1. The largest absolute Gasteiger partial charge is 2.00 e. The van der Waals surface area contributed by atoms with Crippen LogP contribution in [0.3, 0.4) is 0 Å². The van der Waals surface area contributed by atoms with E-state index in [1.807, 2.05) is 42.5 Å². The van der Waals surface area contributed by atoms with Gasteiger partial charge in [0, 0.05) is 6.20 Å². The van der Waals surface area contributed by atoms with Crippen LogP contribution in [-0.2, 0) is 25.9 Å². The van der Waals surface area contributed by atoms with Crippen molar-refractivity contribution < 1.29 is 31.0 Å². The van der Waals surface area contributed by atoms with Crippen LogP contribution in [0.1, 0.15) is 20.3 Å². The number of aromatic nitrogens is 1. The number of pyridine rings is 1. The van der Waals surface area contributed by atoms with Crippen molar-refractivity contribution in [2.24, 2.45) is 0 Å². The molecule has 2 aromatic rings. The third-order valence-electron chi connectivity index (χ3n) is 2.15. The van der Waals surface area contributed by atoms with Crippen LogP contribution in [0.15, 0.2) is 48.7 Å². The quantitative estimate of drug-likeness (QED) is 0.727. The number of nitrogens with zero attached hydrogens (tertiary/aromatic N) is 1. The third-order valence-corrected chi connectivity index (χ3v) is 2.15. The van der Waals surface area contributed by atoms with E-state index in [0.717, 1.165) is 17.2 Å². The third kappa shape index (κ3) is 7.85. The maximum absolute atomic E-state index is 9.79. The number of aliphatic carboxylic acids is 1. The predicted octanol–water partition coefficient (Wildman–Crippen LogP) is 3.62. The minimum absolute atomic E-state index is 0. The zero-order valence-corrected chi connectivity index (χ0v) is 13.7. The first kappa shape index (κ1) is 18.5. The molecule has 1 N–H and O–H groups in total. The van der Waals surface area contributed by atoms with Gasteiger partial charge in [-0.2, -0.15) is 13.8 Å². The number of carboxylic acid groups (broad SMARTS) is 1. The Labute approximate surface area is 134 Å². The summed E-state index contributed by atoms with van der Waals surface area (Å²) in [7, 11) is 0. The molecular weight excluding hydrogens is 433 g/mol. The molecule has 0 aliphatic rings. The molecule has 4 heteroatoms. The summed E-state index contributed by atoms with van der Waals surface area (Å²) < 4.78 is 0. The Morgan fingerprint density at radius 2 is 1.95 bits per heavy atom. The van der Waals surface area contributed by atoms with E-state index in [4.69, 9.17) is 5.11 Å². The van der Waals surface area contributed by atoms with Gasteiger partial charge in [0.2, 0.25) is 0 Å². The van der Waals surface area contributed by atoms with Gasteiger partial charge in [0.05, 0.1) is 0 Å². The predicted molar refractivity (Wildman–Crippen MR) is 75.4 cm³/mol. The van der Waals surface area contributed by atoms with Gasteiger partial charge in [0.1, 0.15) is 0 Å². The van der Waals surface area contributed by atoms with Gasteiger partial charge in [-0.3, -0.25) is 4.79 Å². The first-order chi connectivity index (χ1) is 9.09. The molecule has 0 atom stereocenters. The van der Waals surface area contributed by atoms with Crippen molar-refractivity contribution in [2.45, 2.75) is 20.3 Å². The molecule has 1 heterocycles. The topological polar surface area (TPSA) is 50.2 Å². The summed E-state index contributed by atoms with van der Waals surface area (Å²) in [5.41, 5.74) is 2.01. The zero-order chi connectivity index (χ0) is 14.1. The summed E-state index contributed by atoms with van der Waals surface area (Å²) in [6.07, 6.45) is 1.98. The minimum atomic E-state index is -0.750. The van der Waals surface area contributed by atoms with E-state index >= 15 is 0 Å². The van der Waals surface area contributed by atoms with Crippen molar-refractivity contribution in [3.8, 4) is 11.3 Å². The second-order valence-corrected chi connectivity index (χ2v) is 4.27. The maximum Gasteiger partial charge on any atom is 2.00 e. The molecule has 0 aliphatic heterocycles. The molecule has 0 aliphatic carbocycles. The Kier molecular flexibility index (Phi) is 9.57. The van der Waals surface area contributed by atoms with E-state index < -0.39 is 5.97 Å². The smallest absolute Gasteiger partial charge is 0.483 e. The normalized spacial score (nSPS) is 9.15. The Morgan fingerprint density at radius 1 is 1.25 bits per heavy atom. The van der Waals surface area contributed by atoms with Crippen molar-refractivity contribution in [1.29, 1.82) is 0 Å². The van der Waals surface area contributed by atoms with E-state index in [2.05, 4.69) is 11.1 Å². The van der Waals surface area contributed by atoms with Crippen LogP contribution in [0.5, 0.6) is 0 Å². The second kappa shape index (κ2) is 10.3. The van der Waals surface area contributed by atoms with Gasteiger partial charge in [0.15, 0.2) is 0 Å². The number of carbonyl (C=O) groups is 1. The Hall–Kier alpha value is -1.47. The average molecular weight is 450 g/mol. The molecule has 108 valence electrons. The number of hydrogen-bond donors (Lipinski definition) is 1. The molecule has 2 rings (SSSR count). The Balaban J connectivity index is 0.000000396. The van der Waals surface area contributed by atoms with Crippen molar-refractivity contribution in [3.05, 3.63) is 60.6 Å². The summed E-state index contributed by atoms with van der Waals surface area (Å²) in [5.74, 6) is 0.188. The van der Waals surface area contributed by atoms with Crippen LogP contribution < -0.4 is 0 Å². The van der Waals surface area contributed by atoms with E-state index in [0.29, 0.717) is 0 Å². The fraction of sp³-hybridized carbons (Fsp3) is 0.188.